The number of ether oxygens (including phenoxy) is 1. The fraction of sp³-hybridized carbons (Fsp3) is 0.900. The molecule has 1 N–H and O–H groups in total. The Kier molecular flexibility index (Phi) is 3.31. The molecule has 0 aliphatic carbocycles. The molecule has 1 aliphatic rings. The molecule has 0 aromatic heterocycles. The average molecular weight is 186 g/mol. The molecule has 0 radical (unpaired) electrons. The summed E-state index contributed by atoms with van der Waals surface area (Å²) in [5.74, 6) is 0.214. The van der Waals surface area contributed by atoms with E-state index in [-0.39, 0.29) is 18.0 Å². The maximum Gasteiger partial charge on any atom is 0.306 e. The topological polar surface area (TPSA) is 46.5 Å². The Morgan fingerprint density at radius 1 is 1.69 bits per heavy atom. The molecule has 0 saturated carbocycles. The van der Waals surface area contributed by atoms with Gasteiger partial charge in [-0.2, -0.15) is 0 Å². The summed E-state index contributed by atoms with van der Waals surface area (Å²) in [7, 11) is 0. The lowest BCUT2D eigenvalue weighted by Gasteiger charge is -2.27. The predicted molar refractivity (Wildman–Crippen MR) is 49.2 cm³/mol. The fourth-order valence-electron chi connectivity index (χ4n) is 1.71. The van der Waals surface area contributed by atoms with Gasteiger partial charge in [0.05, 0.1) is 13.0 Å². The van der Waals surface area contributed by atoms with Gasteiger partial charge in [0.25, 0.3) is 0 Å². The standard InChI is InChI=1S/C10H18O3/c1-3-10(2,7-11)5-8-4-9(12)13-6-8/h8,11H,3-7H2,1-2H3. The fourth-order valence-corrected chi connectivity index (χ4v) is 1.71. The van der Waals surface area contributed by atoms with Crippen molar-refractivity contribution >= 4 is 5.97 Å². The van der Waals surface area contributed by atoms with Gasteiger partial charge in [-0.1, -0.05) is 13.8 Å². The quantitative estimate of drug-likeness (QED) is 0.674. The first kappa shape index (κ1) is 10.5. The molecular formula is C10H18O3. The molecule has 1 rings (SSSR count). The van der Waals surface area contributed by atoms with Crippen LogP contribution in [0.1, 0.15) is 33.1 Å². The number of rotatable bonds is 4. The van der Waals surface area contributed by atoms with Gasteiger partial charge in [0.1, 0.15) is 0 Å². The molecular weight excluding hydrogens is 168 g/mol. The number of hydrogen-bond acceptors (Lipinski definition) is 3. The summed E-state index contributed by atoms with van der Waals surface area (Å²) >= 11 is 0. The Morgan fingerprint density at radius 2 is 2.38 bits per heavy atom. The molecule has 0 aromatic carbocycles. The number of cyclic esters (lactones) is 1. The maximum atomic E-state index is 10.8. The predicted octanol–water partition coefficient (Wildman–Crippen LogP) is 1.35. The van der Waals surface area contributed by atoms with Crippen molar-refractivity contribution in [3.8, 4) is 0 Å². The maximum absolute atomic E-state index is 10.8. The van der Waals surface area contributed by atoms with Crippen LogP contribution in [0.2, 0.25) is 0 Å². The van der Waals surface area contributed by atoms with Crippen LogP contribution in [0.25, 0.3) is 0 Å². The summed E-state index contributed by atoms with van der Waals surface area (Å²) < 4.78 is 4.88. The van der Waals surface area contributed by atoms with Crippen molar-refractivity contribution in [1.29, 1.82) is 0 Å². The van der Waals surface area contributed by atoms with Crippen LogP contribution in [-0.4, -0.2) is 24.3 Å². The molecule has 0 aromatic rings. The van der Waals surface area contributed by atoms with Crippen LogP contribution >= 0.6 is 0 Å². The van der Waals surface area contributed by atoms with E-state index >= 15 is 0 Å². The zero-order valence-corrected chi connectivity index (χ0v) is 8.38. The summed E-state index contributed by atoms with van der Waals surface area (Å²) in [6.45, 7) is 4.84. The van der Waals surface area contributed by atoms with E-state index in [0.717, 1.165) is 12.8 Å². The zero-order valence-electron chi connectivity index (χ0n) is 8.38. The minimum absolute atomic E-state index is 0.0430. The lowest BCUT2D eigenvalue weighted by Crippen LogP contribution is -2.24. The number of esters is 1. The molecule has 1 heterocycles. The van der Waals surface area contributed by atoms with Crippen molar-refractivity contribution in [3.05, 3.63) is 0 Å². The molecule has 0 spiro atoms. The second kappa shape index (κ2) is 4.09. The van der Waals surface area contributed by atoms with E-state index in [4.69, 9.17) is 4.74 Å². The first-order valence-corrected chi connectivity index (χ1v) is 4.86. The van der Waals surface area contributed by atoms with Crippen molar-refractivity contribution in [2.24, 2.45) is 11.3 Å². The Morgan fingerprint density at radius 3 is 2.77 bits per heavy atom. The van der Waals surface area contributed by atoms with E-state index < -0.39 is 0 Å². The van der Waals surface area contributed by atoms with Crippen molar-refractivity contribution in [3.63, 3.8) is 0 Å². The summed E-state index contributed by atoms with van der Waals surface area (Å²) in [5.41, 5.74) is -0.0430. The number of hydrogen-bond donors (Lipinski definition) is 1. The van der Waals surface area contributed by atoms with Gasteiger partial charge in [-0.15, -0.1) is 0 Å². The summed E-state index contributed by atoms with van der Waals surface area (Å²) in [5, 5.41) is 9.19. The molecule has 1 aliphatic heterocycles. The first-order chi connectivity index (χ1) is 6.09. The van der Waals surface area contributed by atoms with Gasteiger partial charge in [-0.25, -0.2) is 0 Å². The van der Waals surface area contributed by atoms with Crippen LogP contribution in [0.15, 0.2) is 0 Å². The smallest absolute Gasteiger partial charge is 0.306 e. The van der Waals surface area contributed by atoms with E-state index in [1.165, 1.54) is 0 Å². The van der Waals surface area contributed by atoms with Gasteiger partial charge in [0.15, 0.2) is 0 Å². The molecule has 2 atom stereocenters. The van der Waals surface area contributed by atoms with E-state index in [1.54, 1.807) is 0 Å². The Balaban J connectivity index is 2.42. The SMILES string of the molecule is CCC(C)(CO)CC1COC(=O)C1. The molecule has 1 fully saturated rings. The molecule has 0 bridgehead atoms. The van der Waals surface area contributed by atoms with Gasteiger partial charge in [0.2, 0.25) is 0 Å². The highest BCUT2D eigenvalue weighted by Crippen LogP contribution is 2.32. The van der Waals surface area contributed by atoms with Gasteiger partial charge >= 0.3 is 5.97 Å². The number of aliphatic hydroxyl groups excluding tert-OH is 1. The van der Waals surface area contributed by atoms with Crippen molar-refractivity contribution in [1.82, 2.24) is 0 Å². The largest absolute Gasteiger partial charge is 0.465 e. The minimum atomic E-state index is -0.0959. The van der Waals surface area contributed by atoms with E-state index in [2.05, 4.69) is 13.8 Å². The lowest BCUT2D eigenvalue weighted by atomic mass is 9.79. The van der Waals surface area contributed by atoms with Crippen LogP contribution in [0.3, 0.4) is 0 Å². The van der Waals surface area contributed by atoms with Crippen LogP contribution in [0.4, 0.5) is 0 Å². The monoisotopic (exact) mass is 186 g/mol. The Hall–Kier alpha value is -0.570. The van der Waals surface area contributed by atoms with Crippen LogP contribution in [-0.2, 0) is 9.53 Å². The van der Waals surface area contributed by atoms with E-state index in [0.29, 0.717) is 18.9 Å². The molecule has 0 amide bonds. The van der Waals surface area contributed by atoms with Crippen LogP contribution in [0, 0.1) is 11.3 Å². The van der Waals surface area contributed by atoms with Gasteiger partial charge in [-0.3, -0.25) is 4.79 Å². The van der Waals surface area contributed by atoms with E-state index in [1.807, 2.05) is 0 Å². The highest BCUT2D eigenvalue weighted by atomic mass is 16.5. The van der Waals surface area contributed by atoms with Crippen molar-refractivity contribution in [2.45, 2.75) is 33.1 Å². The number of carbonyl (C=O) groups is 1. The summed E-state index contributed by atoms with van der Waals surface area (Å²) in [4.78, 5) is 10.8. The Bertz CT molecular complexity index is 185. The highest BCUT2D eigenvalue weighted by molar-refractivity contribution is 5.71. The zero-order chi connectivity index (χ0) is 9.90. The highest BCUT2D eigenvalue weighted by Gasteiger charge is 2.31. The van der Waals surface area contributed by atoms with Gasteiger partial charge in [-0.05, 0) is 18.3 Å². The summed E-state index contributed by atoms with van der Waals surface area (Å²) in [6.07, 6.45) is 2.34. The minimum Gasteiger partial charge on any atom is -0.465 e. The molecule has 76 valence electrons. The van der Waals surface area contributed by atoms with Crippen molar-refractivity contribution < 1.29 is 14.6 Å². The molecule has 1 saturated heterocycles. The second-order valence-electron chi connectivity index (χ2n) is 4.28. The molecule has 2 unspecified atom stereocenters. The molecule has 13 heavy (non-hydrogen) atoms. The third-order valence-electron chi connectivity index (χ3n) is 2.95. The van der Waals surface area contributed by atoms with Crippen LogP contribution < -0.4 is 0 Å². The number of aliphatic hydroxyl groups is 1. The lowest BCUT2D eigenvalue weighted by molar-refractivity contribution is -0.137. The van der Waals surface area contributed by atoms with Gasteiger partial charge in [0, 0.05) is 12.5 Å². The average Bonchev–Trinajstić information content (AvgIpc) is 2.51. The normalized spacial score (nSPS) is 27.0. The third kappa shape index (κ3) is 2.69. The molecule has 3 nitrogen and oxygen atoms in total. The second-order valence-corrected chi connectivity index (χ2v) is 4.28. The van der Waals surface area contributed by atoms with Gasteiger partial charge < -0.3 is 9.84 Å². The van der Waals surface area contributed by atoms with Crippen molar-refractivity contribution in [2.75, 3.05) is 13.2 Å². The molecule has 3 heteroatoms. The first-order valence-electron chi connectivity index (χ1n) is 4.86. The number of carbonyl (C=O) groups excluding carboxylic acids is 1. The Labute approximate surface area is 79.1 Å². The van der Waals surface area contributed by atoms with E-state index in [9.17, 15) is 9.90 Å². The summed E-state index contributed by atoms with van der Waals surface area (Å²) in [6, 6.07) is 0. The third-order valence-corrected chi connectivity index (χ3v) is 2.95. The van der Waals surface area contributed by atoms with Crippen LogP contribution in [0.5, 0.6) is 0 Å².